The molecule has 0 fully saturated rings. The van der Waals surface area contributed by atoms with Crippen molar-refractivity contribution in [3.63, 3.8) is 0 Å². The van der Waals surface area contributed by atoms with Crippen LogP contribution in [0.2, 0.25) is 0 Å². The fourth-order valence-corrected chi connectivity index (χ4v) is 7.52. The SMILES string of the molecule is c1ccc(-c2cc(-n3c4ccccc4c4c5c6ccccc6ccc5c5ccccc5c43)nc(-c3cccc4ccccc34)n2)cc1. The Labute approximate surface area is 271 Å². The Kier molecular flexibility index (Phi) is 5.57. The minimum atomic E-state index is 0.708. The first-order chi connectivity index (χ1) is 23.3. The van der Waals surface area contributed by atoms with Crippen molar-refractivity contribution < 1.29 is 0 Å². The van der Waals surface area contributed by atoms with E-state index in [1.807, 2.05) is 6.07 Å². The summed E-state index contributed by atoms with van der Waals surface area (Å²) in [7, 11) is 0. The van der Waals surface area contributed by atoms with Crippen molar-refractivity contribution in [1.29, 1.82) is 0 Å². The fraction of sp³-hybridized carbons (Fsp3) is 0. The molecule has 0 radical (unpaired) electrons. The minimum absolute atomic E-state index is 0.708. The molecule has 0 aliphatic heterocycles. The molecular weight excluding hydrogens is 571 g/mol. The standard InChI is InChI=1S/C44H27N3/c1-2-15-30(16-3-1)38-27-40(46-44(45-38)36-23-12-17-28-13-4-6-18-31(28)36)47-39-24-11-10-22-37(39)42-41-32-19-7-5-14-29(32)25-26-34(41)33-20-8-9-21-35(33)43(42)47/h1-27H. The Bertz CT molecular complexity index is 2840. The number of rotatable bonds is 3. The van der Waals surface area contributed by atoms with Gasteiger partial charge in [-0.2, -0.15) is 0 Å². The highest BCUT2D eigenvalue weighted by molar-refractivity contribution is 6.36. The monoisotopic (exact) mass is 597 g/mol. The van der Waals surface area contributed by atoms with Crippen LogP contribution in [-0.2, 0) is 0 Å². The molecule has 0 bridgehead atoms. The van der Waals surface area contributed by atoms with Gasteiger partial charge in [0, 0.05) is 38.7 Å². The summed E-state index contributed by atoms with van der Waals surface area (Å²) in [6.45, 7) is 0. The van der Waals surface area contributed by atoms with E-state index < -0.39 is 0 Å². The third-order valence-corrected chi connectivity index (χ3v) is 9.57. The minimum Gasteiger partial charge on any atom is -0.293 e. The van der Waals surface area contributed by atoms with Crippen molar-refractivity contribution in [1.82, 2.24) is 14.5 Å². The zero-order valence-electron chi connectivity index (χ0n) is 25.4. The lowest BCUT2D eigenvalue weighted by atomic mass is 9.93. The first-order valence-corrected chi connectivity index (χ1v) is 16.0. The van der Waals surface area contributed by atoms with Gasteiger partial charge in [-0.1, -0.05) is 152 Å². The van der Waals surface area contributed by atoms with Gasteiger partial charge >= 0.3 is 0 Å². The maximum absolute atomic E-state index is 5.42. The van der Waals surface area contributed by atoms with Gasteiger partial charge in [0.2, 0.25) is 0 Å². The molecule has 0 N–H and O–H groups in total. The predicted molar refractivity (Wildman–Crippen MR) is 197 cm³/mol. The predicted octanol–water partition coefficient (Wildman–Crippen LogP) is 11.5. The molecule has 3 heteroatoms. The maximum atomic E-state index is 5.42. The number of aromatic nitrogens is 3. The van der Waals surface area contributed by atoms with Gasteiger partial charge in [0.1, 0.15) is 5.82 Å². The average Bonchev–Trinajstić information content (AvgIpc) is 3.50. The molecule has 8 aromatic carbocycles. The number of benzene rings is 8. The molecule has 0 aliphatic rings. The number of nitrogens with zero attached hydrogens (tertiary/aromatic N) is 3. The fourth-order valence-electron chi connectivity index (χ4n) is 7.52. The second kappa shape index (κ2) is 10.1. The maximum Gasteiger partial charge on any atom is 0.162 e. The topological polar surface area (TPSA) is 30.7 Å². The largest absolute Gasteiger partial charge is 0.293 e. The van der Waals surface area contributed by atoms with E-state index in [1.165, 1.54) is 48.5 Å². The first kappa shape index (κ1) is 26.0. The van der Waals surface area contributed by atoms with Gasteiger partial charge in [0.15, 0.2) is 5.82 Å². The van der Waals surface area contributed by atoms with Crippen molar-refractivity contribution in [2.45, 2.75) is 0 Å². The Morgan fingerprint density at radius 3 is 1.87 bits per heavy atom. The van der Waals surface area contributed by atoms with Gasteiger partial charge in [-0.25, -0.2) is 9.97 Å². The summed E-state index contributed by atoms with van der Waals surface area (Å²) in [5, 5.41) is 12.2. The lowest BCUT2D eigenvalue weighted by Crippen LogP contribution is -2.03. The van der Waals surface area contributed by atoms with E-state index in [1.54, 1.807) is 0 Å². The van der Waals surface area contributed by atoms with E-state index in [2.05, 4.69) is 162 Å². The van der Waals surface area contributed by atoms with Gasteiger partial charge in [0.25, 0.3) is 0 Å². The summed E-state index contributed by atoms with van der Waals surface area (Å²) in [6.07, 6.45) is 0. The van der Waals surface area contributed by atoms with Gasteiger partial charge in [-0.3, -0.25) is 4.57 Å². The van der Waals surface area contributed by atoms with E-state index in [0.29, 0.717) is 5.82 Å². The van der Waals surface area contributed by atoms with E-state index >= 15 is 0 Å². The van der Waals surface area contributed by atoms with Crippen LogP contribution in [0.15, 0.2) is 164 Å². The van der Waals surface area contributed by atoms with Crippen LogP contribution in [0.3, 0.4) is 0 Å². The number of fused-ring (bicyclic) bond motifs is 11. The molecule has 0 unspecified atom stereocenters. The van der Waals surface area contributed by atoms with Crippen LogP contribution >= 0.6 is 0 Å². The second-order valence-electron chi connectivity index (χ2n) is 12.2. The van der Waals surface area contributed by atoms with Crippen LogP contribution < -0.4 is 0 Å². The molecule has 10 aromatic rings. The molecular formula is C44H27N3. The molecule has 47 heavy (non-hydrogen) atoms. The van der Waals surface area contributed by atoms with Crippen LogP contribution in [0.1, 0.15) is 0 Å². The van der Waals surface area contributed by atoms with E-state index in [9.17, 15) is 0 Å². The van der Waals surface area contributed by atoms with Crippen LogP contribution in [-0.4, -0.2) is 14.5 Å². The summed E-state index contributed by atoms with van der Waals surface area (Å²) in [6, 6.07) is 58.3. The van der Waals surface area contributed by atoms with E-state index in [-0.39, 0.29) is 0 Å². The van der Waals surface area contributed by atoms with Crippen molar-refractivity contribution in [2.75, 3.05) is 0 Å². The molecule has 10 rings (SSSR count). The van der Waals surface area contributed by atoms with Crippen LogP contribution in [0.4, 0.5) is 0 Å². The Morgan fingerprint density at radius 2 is 1.04 bits per heavy atom. The summed E-state index contributed by atoms with van der Waals surface area (Å²) >= 11 is 0. The van der Waals surface area contributed by atoms with Crippen molar-refractivity contribution in [3.05, 3.63) is 164 Å². The summed E-state index contributed by atoms with van der Waals surface area (Å²) < 4.78 is 2.37. The third kappa shape index (κ3) is 3.87. The molecule has 2 heterocycles. The number of hydrogen-bond donors (Lipinski definition) is 0. The highest BCUT2D eigenvalue weighted by Gasteiger charge is 2.22. The smallest absolute Gasteiger partial charge is 0.162 e. The van der Waals surface area contributed by atoms with Crippen molar-refractivity contribution in [3.8, 4) is 28.5 Å². The van der Waals surface area contributed by atoms with Gasteiger partial charge in [-0.15, -0.1) is 0 Å². The number of hydrogen-bond acceptors (Lipinski definition) is 2. The van der Waals surface area contributed by atoms with Gasteiger partial charge < -0.3 is 0 Å². The van der Waals surface area contributed by atoms with Gasteiger partial charge in [-0.05, 0) is 38.4 Å². The number of para-hydroxylation sites is 1. The molecule has 0 amide bonds. The molecule has 0 spiro atoms. The Morgan fingerprint density at radius 1 is 0.404 bits per heavy atom. The molecule has 0 saturated heterocycles. The quantitative estimate of drug-likeness (QED) is 0.190. The third-order valence-electron chi connectivity index (χ3n) is 9.57. The molecule has 0 saturated carbocycles. The van der Waals surface area contributed by atoms with Crippen LogP contribution in [0.5, 0.6) is 0 Å². The van der Waals surface area contributed by atoms with E-state index in [4.69, 9.17) is 9.97 Å². The van der Waals surface area contributed by atoms with E-state index in [0.717, 1.165) is 39.1 Å². The summed E-state index contributed by atoms with van der Waals surface area (Å²) in [4.78, 5) is 10.6. The molecule has 2 aromatic heterocycles. The first-order valence-electron chi connectivity index (χ1n) is 16.0. The molecule has 0 atom stereocenters. The highest BCUT2D eigenvalue weighted by atomic mass is 15.1. The van der Waals surface area contributed by atoms with Gasteiger partial charge in [0.05, 0.1) is 16.7 Å². The molecule has 3 nitrogen and oxygen atoms in total. The zero-order valence-corrected chi connectivity index (χ0v) is 25.4. The average molecular weight is 598 g/mol. The van der Waals surface area contributed by atoms with Crippen LogP contribution in [0.25, 0.3) is 93.4 Å². The van der Waals surface area contributed by atoms with Crippen molar-refractivity contribution >= 4 is 64.9 Å². The second-order valence-corrected chi connectivity index (χ2v) is 12.2. The van der Waals surface area contributed by atoms with Crippen LogP contribution in [0, 0.1) is 0 Å². The molecule has 0 aliphatic carbocycles. The summed E-state index contributed by atoms with van der Waals surface area (Å²) in [5.41, 5.74) is 5.24. The summed E-state index contributed by atoms with van der Waals surface area (Å²) in [5.74, 6) is 1.55. The lowest BCUT2D eigenvalue weighted by Gasteiger charge is -2.15. The Balaban J connectivity index is 1.41. The molecule has 218 valence electrons. The Hall–Kier alpha value is -6.32. The normalized spacial score (nSPS) is 11.8. The van der Waals surface area contributed by atoms with Crippen molar-refractivity contribution in [2.24, 2.45) is 0 Å². The zero-order chi connectivity index (χ0) is 30.9. The lowest BCUT2D eigenvalue weighted by molar-refractivity contribution is 1.05. The highest BCUT2D eigenvalue weighted by Crippen LogP contribution is 2.45.